The molecule has 2 saturated carbocycles. The number of carbonyl (C=O) groups is 1. The zero-order valence-corrected chi connectivity index (χ0v) is 15.2. The summed E-state index contributed by atoms with van der Waals surface area (Å²) in [6, 6.07) is 0. The Morgan fingerprint density at radius 3 is 2.62 bits per heavy atom. The van der Waals surface area contributed by atoms with Gasteiger partial charge in [-0.3, -0.25) is 4.79 Å². The Kier molecular flexibility index (Phi) is 7.56. The molecule has 2 nitrogen and oxygen atoms in total. The average molecular weight is 358 g/mol. The zero-order chi connectivity index (χ0) is 15.1. The Bertz CT molecular complexity index is 314. The van der Waals surface area contributed by atoms with E-state index < -0.39 is 0 Å². The van der Waals surface area contributed by atoms with Crippen LogP contribution in [0, 0.1) is 23.7 Å². The van der Waals surface area contributed by atoms with Gasteiger partial charge < -0.3 is 5.32 Å². The van der Waals surface area contributed by atoms with E-state index in [1.54, 1.807) is 0 Å². The molecule has 4 atom stereocenters. The normalized spacial score (nSPS) is 30.5. The van der Waals surface area contributed by atoms with Gasteiger partial charge in [0.25, 0.3) is 0 Å². The number of carbonyl (C=O) groups excluding carboxylic acids is 1. The number of halogens is 1. The molecule has 0 spiro atoms. The lowest BCUT2D eigenvalue weighted by atomic mass is 9.67. The third kappa shape index (κ3) is 5.26. The van der Waals surface area contributed by atoms with Gasteiger partial charge in [-0.1, -0.05) is 55.0 Å². The fourth-order valence-corrected chi connectivity index (χ4v) is 5.06. The Morgan fingerprint density at radius 2 is 1.90 bits per heavy atom. The van der Waals surface area contributed by atoms with Crippen LogP contribution in [0.25, 0.3) is 0 Å². The van der Waals surface area contributed by atoms with E-state index >= 15 is 0 Å². The molecule has 4 unspecified atom stereocenters. The van der Waals surface area contributed by atoms with Gasteiger partial charge in [-0.15, -0.1) is 0 Å². The van der Waals surface area contributed by atoms with Crippen LogP contribution in [0.5, 0.6) is 0 Å². The minimum atomic E-state index is 0.301. The lowest BCUT2D eigenvalue weighted by molar-refractivity contribution is -0.127. The van der Waals surface area contributed by atoms with Crippen molar-refractivity contribution in [2.75, 3.05) is 11.9 Å². The molecule has 0 aliphatic heterocycles. The first kappa shape index (κ1) is 17.3. The summed E-state index contributed by atoms with van der Waals surface area (Å²) in [5, 5.41) is 4.30. The second-order valence-electron chi connectivity index (χ2n) is 7.19. The fraction of sp³-hybridized carbons (Fsp3) is 0.944. The second kappa shape index (κ2) is 9.17. The van der Waals surface area contributed by atoms with Crippen LogP contribution in [0.3, 0.4) is 0 Å². The molecule has 0 heterocycles. The number of hydrogen-bond acceptors (Lipinski definition) is 1. The fourth-order valence-electron chi connectivity index (χ4n) is 4.41. The van der Waals surface area contributed by atoms with Crippen LogP contribution in [0.1, 0.15) is 71.1 Å². The quantitative estimate of drug-likeness (QED) is 0.644. The van der Waals surface area contributed by atoms with E-state index in [0.717, 1.165) is 36.6 Å². The molecule has 1 amide bonds. The van der Waals surface area contributed by atoms with Gasteiger partial charge in [0.1, 0.15) is 0 Å². The molecule has 0 aromatic carbocycles. The predicted molar refractivity (Wildman–Crippen MR) is 92.6 cm³/mol. The summed E-state index contributed by atoms with van der Waals surface area (Å²) >= 11 is 3.53. The maximum absolute atomic E-state index is 12.5. The van der Waals surface area contributed by atoms with Gasteiger partial charge in [-0.05, 0) is 49.9 Å². The molecule has 2 rings (SSSR count). The van der Waals surface area contributed by atoms with Crippen LogP contribution in [0.2, 0.25) is 0 Å². The molecule has 0 radical (unpaired) electrons. The van der Waals surface area contributed by atoms with Crippen molar-refractivity contribution in [3.8, 4) is 0 Å². The van der Waals surface area contributed by atoms with Crippen molar-refractivity contribution in [2.45, 2.75) is 71.1 Å². The number of fused-ring (bicyclic) bond motifs is 1. The van der Waals surface area contributed by atoms with Crippen LogP contribution in [-0.4, -0.2) is 17.8 Å². The van der Waals surface area contributed by atoms with Crippen molar-refractivity contribution in [3.63, 3.8) is 0 Å². The first-order valence-corrected chi connectivity index (χ1v) is 10.2. The third-order valence-corrected chi connectivity index (χ3v) is 6.15. The van der Waals surface area contributed by atoms with Gasteiger partial charge in [0.2, 0.25) is 5.91 Å². The predicted octanol–water partition coefficient (Wildman–Crippen LogP) is 4.91. The van der Waals surface area contributed by atoms with Gasteiger partial charge in [0, 0.05) is 17.8 Å². The van der Waals surface area contributed by atoms with E-state index in [2.05, 4.69) is 28.2 Å². The van der Waals surface area contributed by atoms with Gasteiger partial charge >= 0.3 is 0 Å². The van der Waals surface area contributed by atoms with Crippen LogP contribution < -0.4 is 5.32 Å². The summed E-state index contributed by atoms with van der Waals surface area (Å²) in [6.07, 6.45) is 12.8. The summed E-state index contributed by atoms with van der Waals surface area (Å²) in [5.41, 5.74) is 0. The van der Waals surface area contributed by atoms with Crippen LogP contribution in [0.4, 0.5) is 0 Å². The van der Waals surface area contributed by atoms with E-state index in [9.17, 15) is 4.79 Å². The van der Waals surface area contributed by atoms with E-state index in [-0.39, 0.29) is 0 Å². The highest BCUT2D eigenvalue weighted by molar-refractivity contribution is 9.09. The number of hydrogen-bond donors (Lipinski definition) is 1. The minimum Gasteiger partial charge on any atom is -0.356 e. The van der Waals surface area contributed by atoms with Crippen LogP contribution >= 0.6 is 15.9 Å². The summed E-state index contributed by atoms with van der Waals surface area (Å²) < 4.78 is 0. The summed E-state index contributed by atoms with van der Waals surface area (Å²) in [5.74, 6) is 3.07. The van der Waals surface area contributed by atoms with Gasteiger partial charge in [-0.2, -0.15) is 0 Å². The Morgan fingerprint density at radius 1 is 1.14 bits per heavy atom. The van der Waals surface area contributed by atoms with Crippen molar-refractivity contribution in [1.29, 1.82) is 0 Å². The molecule has 3 heteroatoms. The largest absolute Gasteiger partial charge is 0.356 e. The summed E-state index contributed by atoms with van der Waals surface area (Å²) in [7, 11) is 0. The topological polar surface area (TPSA) is 29.1 Å². The van der Waals surface area contributed by atoms with E-state index in [1.165, 1.54) is 51.4 Å². The molecule has 122 valence electrons. The second-order valence-corrected chi connectivity index (χ2v) is 7.99. The number of alkyl halides is 1. The van der Waals surface area contributed by atoms with Gasteiger partial charge in [0.15, 0.2) is 0 Å². The molecule has 2 aliphatic carbocycles. The smallest absolute Gasteiger partial charge is 0.223 e. The third-order valence-electron chi connectivity index (χ3n) is 5.69. The molecule has 21 heavy (non-hydrogen) atoms. The monoisotopic (exact) mass is 357 g/mol. The Labute approximate surface area is 139 Å². The van der Waals surface area contributed by atoms with Crippen molar-refractivity contribution >= 4 is 21.8 Å². The van der Waals surface area contributed by atoms with Crippen molar-refractivity contribution in [1.82, 2.24) is 5.32 Å². The summed E-state index contributed by atoms with van der Waals surface area (Å²) in [4.78, 5) is 12.5. The lowest BCUT2D eigenvalue weighted by Gasteiger charge is -2.38. The minimum absolute atomic E-state index is 0.301. The molecule has 0 bridgehead atoms. The highest BCUT2D eigenvalue weighted by Crippen LogP contribution is 2.42. The van der Waals surface area contributed by atoms with Crippen LogP contribution in [-0.2, 0) is 4.79 Å². The molecule has 0 aromatic rings. The van der Waals surface area contributed by atoms with Crippen molar-refractivity contribution in [3.05, 3.63) is 0 Å². The number of amides is 1. The Balaban J connectivity index is 1.75. The maximum Gasteiger partial charge on any atom is 0.223 e. The molecule has 1 N–H and O–H groups in total. The van der Waals surface area contributed by atoms with E-state index in [1.807, 2.05) is 0 Å². The molecule has 2 aliphatic rings. The van der Waals surface area contributed by atoms with E-state index in [0.29, 0.717) is 17.7 Å². The van der Waals surface area contributed by atoms with Crippen LogP contribution in [0.15, 0.2) is 0 Å². The van der Waals surface area contributed by atoms with Crippen molar-refractivity contribution < 1.29 is 4.79 Å². The molecular weight excluding hydrogens is 326 g/mol. The van der Waals surface area contributed by atoms with Crippen molar-refractivity contribution in [2.24, 2.45) is 23.7 Å². The number of nitrogens with one attached hydrogen (secondary N) is 1. The summed E-state index contributed by atoms with van der Waals surface area (Å²) in [6.45, 7) is 3.11. The SMILES string of the molecule is CCCC(CCBr)CNC(=O)C1CCC2CCCCC2C1. The van der Waals surface area contributed by atoms with E-state index in [4.69, 9.17) is 0 Å². The molecule has 0 aromatic heterocycles. The Hall–Kier alpha value is -0.0500. The first-order valence-electron chi connectivity index (χ1n) is 9.08. The first-order chi connectivity index (χ1) is 10.2. The maximum atomic E-state index is 12.5. The average Bonchev–Trinajstić information content (AvgIpc) is 2.52. The van der Waals surface area contributed by atoms with Gasteiger partial charge in [-0.25, -0.2) is 0 Å². The standard InChI is InChI=1S/C18H32BrNO/c1-2-5-14(10-11-19)13-20-18(21)17-9-8-15-6-3-4-7-16(15)12-17/h14-17H,2-13H2,1H3,(H,20,21). The molecule has 2 fully saturated rings. The lowest BCUT2D eigenvalue weighted by Crippen LogP contribution is -2.39. The number of rotatable bonds is 7. The highest BCUT2D eigenvalue weighted by atomic mass is 79.9. The highest BCUT2D eigenvalue weighted by Gasteiger charge is 2.34. The molecular formula is C18H32BrNO. The molecule has 0 saturated heterocycles. The zero-order valence-electron chi connectivity index (χ0n) is 13.6. The van der Waals surface area contributed by atoms with Gasteiger partial charge in [0.05, 0.1) is 0 Å².